The topological polar surface area (TPSA) is 149 Å². The van der Waals surface area contributed by atoms with Crippen LogP contribution in [0.2, 0.25) is 0 Å². The van der Waals surface area contributed by atoms with Crippen LogP contribution in [0.25, 0.3) is 11.3 Å². The highest BCUT2D eigenvalue weighted by Gasteiger charge is 2.25. The van der Waals surface area contributed by atoms with Crippen molar-refractivity contribution >= 4 is 21.5 Å². The lowest BCUT2D eigenvalue weighted by atomic mass is 10.1. The van der Waals surface area contributed by atoms with Gasteiger partial charge in [0.2, 0.25) is 5.75 Å². The summed E-state index contributed by atoms with van der Waals surface area (Å²) in [5.41, 5.74) is 6.34. The second kappa shape index (κ2) is 9.77. The number of nitrogens with zero attached hydrogens (tertiary/aromatic N) is 3. The lowest BCUT2D eigenvalue weighted by Gasteiger charge is -2.16. The summed E-state index contributed by atoms with van der Waals surface area (Å²) in [6.07, 6.45) is 0. The molecule has 3 rings (SSSR count). The molecule has 0 aliphatic rings. The molecule has 3 aromatic rings. The van der Waals surface area contributed by atoms with Crippen molar-refractivity contribution in [1.82, 2.24) is 9.19 Å². The van der Waals surface area contributed by atoms with E-state index < -0.39 is 14.9 Å². The van der Waals surface area contributed by atoms with Crippen LogP contribution in [-0.4, -0.2) is 42.3 Å². The first-order valence-electron chi connectivity index (χ1n) is 10.1. The Morgan fingerprint density at radius 3 is 2.15 bits per heavy atom. The van der Waals surface area contributed by atoms with Crippen LogP contribution in [0.5, 0.6) is 17.2 Å². The molecule has 1 heterocycles. The van der Waals surface area contributed by atoms with E-state index in [9.17, 15) is 18.5 Å². The van der Waals surface area contributed by atoms with Gasteiger partial charge in [-0.15, -0.1) is 4.09 Å². The van der Waals surface area contributed by atoms with Crippen molar-refractivity contribution in [2.24, 2.45) is 0 Å². The first kappa shape index (κ1) is 23.9. The fourth-order valence-electron chi connectivity index (χ4n) is 3.11. The van der Waals surface area contributed by atoms with Gasteiger partial charge in [-0.3, -0.25) is 10.1 Å². The van der Waals surface area contributed by atoms with Gasteiger partial charge in [0.15, 0.2) is 11.5 Å². The van der Waals surface area contributed by atoms with Crippen LogP contribution in [0, 0.1) is 10.1 Å². The fraction of sp³-hybridized carbons (Fsp3) is 0.286. The van der Waals surface area contributed by atoms with Crippen molar-refractivity contribution in [3.8, 4) is 28.5 Å². The van der Waals surface area contributed by atoms with E-state index in [1.807, 2.05) is 20.8 Å². The van der Waals surface area contributed by atoms with Gasteiger partial charge < -0.3 is 19.9 Å². The second-order valence-corrected chi connectivity index (χ2v) is 8.43. The van der Waals surface area contributed by atoms with Crippen LogP contribution < -0.4 is 19.9 Å². The molecule has 0 aliphatic carbocycles. The normalized spacial score (nSPS) is 11.2. The van der Waals surface area contributed by atoms with E-state index in [1.54, 1.807) is 12.1 Å². The zero-order valence-electron chi connectivity index (χ0n) is 18.3. The maximum Gasteiger partial charge on any atom is 0.285 e. The summed E-state index contributed by atoms with van der Waals surface area (Å²) in [7, 11) is -4.28. The van der Waals surface area contributed by atoms with Crippen LogP contribution in [0.4, 0.5) is 11.5 Å². The highest BCUT2D eigenvalue weighted by molar-refractivity contribution is 7.90. The Bertz CT molecular complexity index is 1240. The summed E-state index contributed by atoms with van der Waals surface area (Å²) >= 11 is 0. The van der Waals surface area contributed by atoms with Crippen LogP contribution in [0.1, 0.15) is 20.8 Å². The average Bonchev–Trinajstić information content (AvgIpc) is 3.18. The average molecular weight is 477 g/mol. The summed E-state index contributed by atoms with van der Waals surface area (Å²) in [5.74, 6) is 1.09. The van der Waals surface area contributed by atoms with Crippen LogP contribution in [0.15, 0.2) is 47.4 Å². The molecule has 176 valence electrons. The van der Waals surface area contributed by atoms with Gasteiger partial charge in [-0.05, 0) is 39.0 Å². The Labute approximate surface area is 190 Å². The number of nitro groups is 1. The zero-order valence-corrected chi connectivity index (χ0v) is 19.2. The van der Waals surface area contributed by atoms with E-state index in [1.165, 1.54) is 24.3 Å². The summed E-state index contributed by atoms with van der Waals surface area (Å²) in [4.78, 5) is 10.1. The van der Waals surface area contributed by atoms with Crippen LogP contribution >= 0.6 is 0 Å². The summed E-state index contributed by atoms with van der Waals surface area (Å²) in [6.45, 7) is 6.60. The van der Waals surface area contributed by atoms with E-state index in [0.717, 1.165) is 6.07 Å². The number of anilines is 1. The molecule has 0 radical (unpaired) electrons. The molecule has 0 spiro atoms. The summed E-state index contributed by atoms with van der Waals surface area (Å²) in [5, 5.41) is 15.2. The van der Waals surface area contributed by atoms with Gasteiger partial charge in [0.25, 0.3) is 15.7 Å². The molecule has 1 aromatic heterocycles. The fourth-order valence-corrected chi connectivity index (χ4v) is 4.35. The number of aromatic nitrogens is 2. The van der Waals surface area contributed by atoms with Crippen molar-refractivity contribution < 1.29 is 27.6 Å². The summed E-state index contributed by atoms with van der Waals surface area (Å²) < 4.78 is 43.9. The van der Waals surface area contributed by atoms with Gasteiger partial charge >= 0.3 is 0 Å². The number of hydrogen-bond donors (Lipinski definition) is 1. The van der Waals surface area contributed by atoms with E-state index in [4.69, 9.17) is 19.9 Å². The third kappa shape index (κ3) is 4.85. The SMILES string of the molecule is CCOc1cc(-c2cc(N)n(S(=O)(=O)c3cccc([N+](=O)[O-])c3)n2)cc(OCC)c1OCC. The third-order valence-corrected chi connectivity index (χ3v) is 6.06. The van der Waals surface area contributed by atoms with Crippen LogP contribution in [0.3, 0.4) is 0 Å². The Morgan fingerprint density at radius 2 is 1.61 bits per heavy atom. The number of nitrogens with two attached hydrogens (primary N) is 1. The molecule has 33 heavy (non-hydrogen) atoms. The molecular weight excluding hydrogens is 452 g/mol. The monoisotopic (exact) mass is 476 g/mol. The predicted molar refractivity (Wildman–Crippen MR) is 121 cm³/mol. The molecule has 0 saturated heterocycles. The van der Waals surface area contributed by atoms with Gasteiger partial charge in [-0.25, -0.2) is 0 Å². The standard InChI is InChI=1S/C21H24N4O7S/c1-4-30-18-10-14(11-19(31-5-2)21(18)32-6-3)17-13-20(22)24(23-17)33(28,29)16-9-7-8-15(12-16)25(26)27/h7-13H,4-6,22H2,1-3H3. The largest absolute Gasteiger partial charge is 0.490 e. The second-order valence-electron chi connectivity index (χ2n) is 6.66. The Hall–Kier alpha value is -3.80. The van der Waals surface area contributed by atoms with Crippen molar-refractivity contribution in [3.05, 3.63) is 52.6 Å². The van der Waals surface area contributed by atoms with Crippen LogP contribution in [-0.2, 0) is 10.0 Å². The molecule has 2 N–H and O–H groups in total. The van der Waals surface area contributed by atoms with Crippen molar-refractivity contribution in [3.63, 3.8) is 0 Å². The number of nitrogen functional groups attached to an aromatic ring is 1. The smallest absolute Gasteiger partial charge is 0.285 e. The molecule has 0 saturated carbocycles. The number of ether oxygens (including phenoxy) is 3. The van der Waals surface area contributed by atoms with Gasteiger partial charge in [-0.2, -0.15) is 13.5 Å². The first-order chi connectivity index (χ1) is 15.7. The molecule has 12 heteroatoms. The molecule has 0 aliphatic heterocycles. The molecular formula is C21H24N4O7S. The van der Waals surface area contributed by atoms with Gasteiger partial charge in [0, 0.05) is 23.8 Å². The highest BCUT2D eigenvalue weighted by atomic mass is 32.2. The highest BCUT2D eigenvalue weighted by Crippen LogP contribution is 2.42. The molecule has 2 aromatic carbocycles. The Balaban J connectivity index is 2.12. The van der Waals surface area contributed by atoms with Gasteiger partial charge in [-0.1, -0.05) is 6.07 Å². The minimum atomic E-state index is -4.28. The number of non-ortho nitro benzene ring substituents is 1. The molecule has 0 atom stereocenters. The van der Waals surface area contributed by atoms with E-state index >= 15 is 0 Å². The Kier molecular flexibility index (Phi) is 7.07. The number of rotatable bonds is 10. The lowest BCUT2D eigenvalue weighted by Crippen LogP contribution is -2.17. The minimum absolute atomic E-state index is 0.165. The molecule has 11 nitrogen and oxygen atoms in total. The van der Waals surface area contributed by atoms with Gasteiger partial charge in [0.1, 0.15) is 5.82 Å². The predicted octanol–water partition coefficient (Wildman–Crippen LogP) is 3.47. The molecule has 0 fully saturated rings. The molecule has 0 amide bonds. The third-order valence-electron chi connectivity index (χ3n) is 4.46. The number of hydrogen-bond acceptors (Lipinski definition) is 9. The first-order valence-corrected chi connectivity index (χ1v) is 11.6. The van der Waals surface area contributed by atoms with Crippen molar-refractivity contribution in [1.29, 1.82) is 0 Å². The molecule has 0 unspecified atom stereocenters. The molecule has 0 bridgehead atoms. The van der Waals surface area contributed by atoms with Gasteiger partial charge in [0.05, 0.1) is 35.3 Å². The number of benzene rings is 2. The Morgan fingerprint density at radius 1 is 1.00 bits per heavy atom. The van der Waals surface area contributed by atoms with Crippen molar-refractivity contribution in [2.45, 2.75) is 25.7 Å². The van der Waals surface area contributed by atoms with Crippen molar-refractivity contribution in [2.75, 3.05) is 25.6 Å². The van der Waals surface area contributed by atoms with E-state index in [2.05, 4.69) is 5.10 Å². The van der Waals surface area contributed by atoms with E-state index in [-0.39, 0.29) is 22.1 Å². The number of nitro benzene ring substituents is 1. The zero-order chi connectivity index (χ0) is 24.2. The quantitative estimate of drug-likeness (QED) is 0.343. The maximum atomic E-state index is 13.1. The van der Waals surface area contributed by atoms with E-state index in [0.29, 0.717) is 46.7 Å². The maximum absolute atomic E-state index is 13.1. The summed E-state index contributed by atoms with van der Waals surface area (Å²) in [6, 6.07) is 9.36. The minimum Gasteiger partial charge on any atom is -0.490 e. The lowest BCUT2D eigenvalue weighted by molar-refractivity contribution is -0.385.